The Morgan fingerprint density at radius 2 is 1.79 bits per heavy atom. The van der Waals surface area contributed by atoms with Gasteiger partial charge in [-0.15, -0.1) is 0 Å². The Balaban J connectivity index is 1.64. The van der Waals surface area contributed by atoms with Gasteiger partial charge in [0.25, 0.3) is 5.56 Å². The van der Waals surface area contributed by atoms with E-state index in [1.54, 1.807) is 19.1 Å². The molecule has 2 aromatic heterocycles. The monoisotopic (exact) mass is 535 g/mol. The van der Waals surface area contributed by atoms with Crippen molar-refractivity contribution in [2.24, 2.45) is 0 Å². The van der Waals surface area contributed by atoms with Gasteiger partial charge in [0, 0.05) is 49.4 Å². The zero-order valence-electron chi connectivity index (χ0n) is 21.3. The molecule has 4 aromatic rings. The SMILES string of the molecule is COC1CC(O)C(OC)c2oc3c4c5c(c(O)c3c(=O)c21)-c1c(cc2cc(C)[nH]c(=O)c2c1O)CC5OCO4. The number of hydrogen-bond acceptors (Lipinski definition) is 10. The summed E-state index contributed by atoms with van der Waals surface area (Å²) in [6.45, 7) is 1.61. The summed E-state index contributed by atoms with van der Waals surface area (Å²) in [4.78, 5) is 29.6. The molecule has 0 fully saturated rings. The number of rotatable bonds is 2. The second-order valence-electron chi connectivity index (χ2n) is 10.2. The Labute approximate surface area is 220 Å². The van der Waals surface area contributed by atoms with Gasteiger partial charge in [0.2, 0.25) is 5.43 Å². The first kappa shape index (κ1) is 24.2. The first-order valence-electron chi connectivity index (χ1n) is 12.5. The van der Waals surface area contributed by atoms with Gasteiger partial charge in [0.1, 0.15) is 28.7 Å². The maximum atomic E-state index is 14.0. The van der Waals surface area contributed by atoms with Crippen LogP contribution < -0.4 is 15.7 Å². The van der Waals surface area contributed by atoms with Crippen LogP contribution in [0.4, 0.5) is 0 Å². The van der Waals surface area contributed by atoms with Crippen molar-refractivity contribution < 1.29 is 38.7 Å². The van der Waals surface area contributed by atoms with Crippen molar-refractivity contribution in [1.82, 2.24) is 4.98 Å². The van der Waals surface area contributed by atoms with E-state index in [1.807, 2.05) is 0 Å². The Morgan fingerprint density at radius 1 is 1.03 bits per heavy atom. The number of aromatic amines is 1. The van der Waals surface area contributed by atoms with Crippen LogP contribution in [0.1, 0.15) is 52.9 Å². The number of phenolic OH excluding ortho intramolecular Hbond substituents is 2. The summed E-state index contributed by atoms with van der Waals surface area (Å²) < 4.78 is 29.0. The van der Waals surface area contributed by atoms with Gasteiger partial charge in [0.05, 0.1) is 29.3 Å². The van der Waals surface area contributed by atoms with E-state index in [9.17, 15) is 24.9 Å². The fraction of sp³-hybridized carbons (Fsp3) is 0.357. The highest BCUT2D eigenvalue weighted by Crippen LogP contribution is 2.57. The number of aromatic hydroxyl groups is 2. The van der Waals surface area contributed by atoms with Crippen molar-refractivity contribution in [3.63, 3.8) is 0 Å². The number of fused-ring (bicyclic) bond motifs is 6. The number of H-pyrrole nitrogens is 1. The predicted octanol–water partition coefficient (Wildman–Crippen LogP) is 3.12. The number of aromatic nitrogens is 1. The predicted molar refractivity (Wildman–Crippen MR) is 137 cm³/mol. The third kappa shape index (κ3) is 3.12. The van der Waals surface area contributed by atoms with E-state index < -0.39 is 41.2 Å². The molecule has 4 atom stereocenters. The molecule has 2 aliphatic carbocycles. The number of hydrogen-bond donors (Lipinski definition) is 4. The molecule has 0 radical (unpaired) electrons. The van der Waals surface area contributed by atoms with E-state index in [-0.39, 0.29) is 63.5 Å². The van der Waals surface area contributed by atoms with Gasteiger partial charge in [-0.05, 0) is 30.0 Å². The maximum absolute atomic E-state index is 14.0. The second-order valence-corrected chi connectivity index (χ2v) is 10.2. The maximum Gasteiger partial charge on any atom is 0.259 e. The topological polar surface area (TPSA) is 161 Å². The Kier molecular flexibility index (Phi) is 5.14. The molecule has 0 bridgehead atoms. The molecule has 3 aliphatic rings. The van der Waals surface area contributed by atoms with Crippen LogP contribution in [-0.2, 0) is 20.6 Å². The summed E-state index contributed by atoms with van der Waals surface area (Å²) in [5.74, 6) is -0.478. The summed E-state index contributed by atoms with van der Waals surface area (Å²) in [5.41, 5.74) is 1.09. The summed E-state index contributed by atoms with van der Waals surface area (Å²) >= 11 is 0. The number of aryl methyl sites for hydroxylation is 1. The summed E-state index contributed by atoms with van der Waals surface area (Å²) in [5, 5.41) is 34.3. The Morgan fingerprint density at radius 3 is 2.54 bits per heavy atom. The average molecular weight is 536 g/mol. The van der Waals surface area contributed by atoms with E-state index in [0.717, 1.165) is 0 Å². The van der Waals surface area contributed by atoms with Crippen LogP contribution >= 0.6 is 0 Å². The molecule has 202 valence electrons. The number of aliphatic hydroxyl groups excluding tert-OH is 1. The molecule has 3 heterocycles. The van der Waals surface area contributed by atoms with Gasteiger partial charge in [-0.25, -0.2) is 0 Å². The van der Waals surface area contributed by atoms with Gasteiger partial charge in [-0.1, -0.05) is 0 Å². The highest BCUT2D eigenvalue weighted by atomic mass is 16.7. The fourth-order valence-corrected chi connectivity index (χ4v) is 6.43. The van der Waals surface area contributed by atoms with Crippen molar-refractivity contribution >= 4 is 21.7 Å². The smallest absolute Gasteiger partial charge is 0.259 e. The Hall–Kier alpha value is -3.90. The first-order valence-corrected chi connectivity index (χ1v) is 12.5. The van der Waals surface area contributed by atoms with Gasteiger partial charge < -0.3 is 43.7 Å². The van der Waals surface area contributed by atoms with Crippen molar-refractivity contribution in [2.45, 2.75) is 44.2 Å². The lowest BCUT2D eigenvalue weighted by Crippen LogP contribution is -2.34. The minimum atomic E-state index is -0.994. The number of benzene rings is 2. The average Bonchev–Trinajstić information content (AvgIpc) is 2.89. The van der Waals surface area contributed by atoms with Crippen LogP contribution in [0, 0.1) is 6.92 Å². The molecule has 39 heavy (non-hydrogen) atoms. The summed E-state index contributed by atoms with van der Waals surface area (Å²) in [6.07, 6.45) is -2.91. The second kappa shape index (κ2) is 8.30. The Bertz CT molecular complexity index is 1840. The molecule has 11 heteroatoms. The molecule has 0 saturated carbocycles. The van der Waals surface area contributed by atoms with E-state index in [4.69, 9.17) is 23.4 Å². The lowest BCUT2D eigenvalue weighted by Gasteiger charge is -2.36. The van der Waals surface area contributed by atoms with Crippen molar-refractivity contribution in [1.29, 1.82) is 0 Å². The zero-order chi connectivity index (χ0) is 27.3. The highest BCUT2D eigenvalue weighted by molar-refractivity contribution is 6.05. The van der Waals surface area contributed by atoms with Crippen molar-refractivity contribution in [2.75, 3.05) is 21.0 Å². The standard InChI is InChI=1S/C28H25NO10/c1-9-4-10-5-11-6-14-17-19(15(11)21(31)16(10)28(34)29-9)23(33)20-22(32)18-13(35-2)7-12(30)24(36-3)26(18)39-27(20)25(17)38-8-37-14/h4-5,12-14,24,30-31,33H,6-8H2,1-3H3,(H,29,34). The number of phenols is 2. The van der Waals surface area contributed by atoms with Crippen LogP contribution in [0.2, 0.25) is 0 Å². The van der Waals surface area contributed by atoms with E-state index >= 15 is 0 Å². The number of aliphatic hydroxyl groups is 1. The van der Waals surface area contributed by atoms with E-state index in [1.165, 1.54) is 14.2 Å². The third-order valence-corrected chi connectivity index (χ3v) is 8.07. The van der Waals surface area contributed by atoms with Crippen molar-refractivity contribution in [3.05, 3.63) is 60.9 Å². The molecule has 0 saturated heterocycles. The fourth-order valence-electron chi connectivity index (χ4n) is 6.43. The third-order valence-electron chi connectivity index (χ3n) is 8.07. The minimum absolute atomic E-state index is 0.0218. The van der Waals surface area contributed by atoms with Gasteiger partial charge in [-0.2, -0.15) is 0 Å². The van der Waals surface area contributed by atoms with Gasteiger partial charge >= 0.3 is 0 Å². The number of pyridine rings is 1. The van der Waals surface area contributed by atoms with Crippen LogP contribution in [0.3, 0.4) is 0 Å². The van der Waals surface area contributed by atoms with Crippen LogP contribution in [0.15, 0.2) is 26.1 Å². The summed E-state index contributed by atoms with van der Waals surface area (Å²) in [6, 6.07) is 3.55. The van der Waals surface area contributed by atoms with Crippen LogP contribution in [0.5, 0.6) is 17.2 Å². The molecule has 1 aliphatic heterocycles. The zero-order valence-corrected chi connectivity index (χ0v) is 21.3. The molecular weight excluding hydrogens is 510 g/mol. The number of methoxy groups -OCH3 is 2. The molecule has 11 nitrogen and oxygen atoms in total. The van der Waals surface area contributed by atoms with Crippen molar-refractivity contribution in [3.8, 4) is 28.4 Å². The van der Waals surface area contributed by atoms with E-state index in [2.05, 4.69) is 4.98 Å². The molecule has 2 aromatic carbocycles. The highest BCUT2D eigenvalue weighted by Gasteiger charge is 2.43. The lowest BCUT2D eigenvalue weighted by molar-refractivity contribution is -0.0709. The normalized spacial score (nSPS) is 23.3. The first-order chi connectivity index (χ1) is 18.7. The quantitative estimate of drug-likeness (QED) is 0.300. The van der Waals surface area contributed by atoms with Crippen LogP contribution in [-0.4, -0.2) is 47.4 Å². The molecule has 0 spiro atoms. The summed E-state index contributed by atoms with van der Waals surface area (Å²) in [7, 11) is 2.81. The molecule has 0 amide bonds. The number of nitrogens with one attached hydrogen (secondary N) is 1. The minimum Gasteiger partial charge on any atom is -0.506 e. The van der Waals surface area contributed by atoms with Gasteiger partial charge in [0.15, 0.2) is 18.1 Å². The van der Waals surface area contributed by atoms with Gasteiger partial charge in [-0.3, -0.25) is 9.59 Å². The largest absolute Gasteiger partial charge is 0.506 e. The lowest BCUT2D eigenvalue weighted by atomic mass is 9.79. The van der Waals surface area contributed by atoms with Crippen LogP contribution in [0.25, 0.3) is 32.9 Å². The molecule has 4 N–H and O–H groups in total. The molecule has 7 rings (SSSR count). The number of ether oxygens (including phenoxy) is 4. The molecule has 4 unspecified atom stereocenters. The molecular formula is C28H25NO10. The van der Waals surface area contributed by atoms with E-state index in [0.29, 0.717) is 28.6 Å².